The Morgan fingerprint density at radius 3 is 2.61 bits per heavy atom. The molecule has 0 fully saturated rings. The lowest BCUT2D eigenvalue weighted by atomic mass is 10.1. The summed E-state index contributed by atoms with van der Waals surface area (Å²) in [6, 6.07) is 11.0. The molecule has 0 saturated carbocycles. The number of pyridine rings is 1. The zero-order valence-corrected chi connectivity index (χ0v) is 18.9. The molecule has 1 aromatic carbocycles. The number of ether oxygens (including phenoxy) is 1. The quantitative estimate of drug-likeness (QED) is 0.558. The third kappa shape index (κ3) is 5.66. The Morgan fingerprint density at radius 1 is 1.23 bits per heavy atom. The molecule has 3 aromatic rings. The van der Waals surface area contributed by atoms with Crippen molar-refractivity contribution in [1.29, 1.82) is 0 Å². The molecule has 10 heteroatoms. The van der Waals surface area contributed by atoms with E-state index >= 15 is 0 Å². The Kier molecular flexibility index (Phi) is 6.40. The molecule has 9 nitrogen and oxygen atoms in total. The van der Waals surface area contributed by atoms with Gasteiger partial charge < -0.3 is 4.74 Å². The van der Waals surface area contributed by atoms with Gasteiger partial charge in [-0.25, -0.2) is 13.4 Å². The van der Waals surface area contributed by atoms with Crippen LogP contribution < -0.4 is 4.72 Å². The maximum absolute atomic E-state index is 12.6. The van der Waals surface area contributed by atoms with Crippen molar-refractivity contribution < 1.29 is 17.9 Å². The van der Waals surface area contributed by atoms with Gasteiger partial charge in [-0.3, -0.25) is 14.2 Å². The van der Waals surface area contributed by atoms with E-state index in [9.17, 15) is 13.2 Å². The van der Waals surface area contributed by atoms with Crippen LogP contribution in [-0.4, -0.2) is 40.6 Å². The lowest BCUT2D eigenvalue weighted by Gasteiger charge is -2.14. The summed E-state index contributed by atoms with van der Waals surface area (Å²) in [7, 11) is -1.73. The molecule has 2 aromatic heterocycles. The summed E-state index contributed by atoms with van der Waals surface area (Å²) in [5.74, 6) is -0.409. The predicted octanol–water partition coefficient (Wildman–Crippen LogP) is 2.71. The molecule has 0 aliphatic carbocycles. The fraction of sp³-hybridized carbons (Fsp3) is 0.333. The number of carbonyl (C=O) groups is 1. The van der Waals surface area contributed by atoms with Crippen molar-refractivity contribution in [3.8, 4) is 11.4 Å². The Morgan fingerprint density at radius 2 is 1.97 bits per heavy atom. The number of hydrogen-bond acceptors (Lipinski definition) is 7. The molecule has 0 saturated heterocycles. The summed E-state index contributed by atoms with van der Waals surface area (Å²) >= 11 is 0. The van der Waals surface area contributed by atoms with Crippen molar-refractivity contribution in [3.63, 3.8) is 0 Å². The zero-order chi connectivity index (χ0) is 22.8. The highest BCUT2D eigenvalue weighted by Crippen LogP contribution is 2.25. The van der Waals surface area contributed by atoms with Gasteiger partial charge in [0.05, 0.1) is 35.4 Å². The summed E-state index contributed by atoms with van der Waals surface area (Å²) < 4.78 is 32.5. The number of nitrogens with one attached hydrogen (secondary N) is 1. The van der Waals surface area contributed by atoms with Crippen LogP contribution in [0.15, 0.2) is 36.4 Å². The minimum absolute atomic E-state index is 0.0287. The van der Waals surface area contributed by atoms with E-state index in [-0.39, 0.29) is 6.42 Å². The van der Waals surface area contributed by atoms with Crippen LogP contribution >= 0.6 is 0 Å². The molecule has 0 radical (unpaired) electrons. The van der Waals surface area contributed by atoms with Crippen LogP contribution in [0.3, 0.4) is 0 Å². The third-order valence-electron chi connectivity index (χ3n) is 4.70. The second-order valence-electron chi connectivity index (χ2n) is 7.44. The number of benzene rings is 1. The van der Waals surface area contributed by atoms with Gasteiger partial charge in [-0.15, -0.1) is 5.10 Å². The van der Waals surface area contributed by atoms with Crippen LogP contribution in [0, 0.1) is 13.8 Å². The molecule has 1 N–H and O–H groups in total. The van der Waals surface area contributed by atoms with E-state index in [2.05, 4.69) is 20.0 Å². The van der Waals surface area contributed by atoms with E-state index < -0.39 is 22.1 Å². The van der Waals surface area contributed by atoms with Gasteiger partial charge in [0.25, 0.3) is 0 Å². The predicted molar refractivity (Wildman–Crippen MR) is 117 cm³/mol. The van der Waals surface area contributed by atoms with Crippen LogP contribution in [0.4, 0.5) is 5.69 Å². The minimum atomic E-state index is -3.42. The van der Waals surface area contributed by atoms with Crippen molar-refractivity contribution in [2.24, 2.45) is 7.05 Å². The summed E-state index contributed by atoms with van der Waals surface area (Å²) in [5.41, 5.74) is 4.35. The van der Waals surface area contributed by atoms with Crippen LogP contribution in [0.1, 0.15) is 35.5 Å². The summed E-state index contributed by atoms with van der Waals surface area (Å²) in [5, 5.41) is 8.15. The number of rotatable bonds is 7. The number of aromatic nitrogens is 4. The Hall–Kier alpha value is -3.27. The highest BCUT2D eigenvalue weighted by molar-refractivity contribution is 7.92. The summed E-state index contributed by atoms with van der Waals surface area (Å²) in [6.45, 7) is 5.50. The van der Waals surface area contributed by atoms with E-state index in [0.29, 0.717) is 28.5 Å². The molecule has 1 atom stereocenters. The minimum Gasteiger partial charge on any atom is -0.457 e. The van der Waals surface area contributed by atoms with E-state index in [1.807, 2.05) is 38.1 Å². The number of nitrogens with zero attached hydrogens (tertiary/aromatic N) is 4. The van der Waals surface area contributed by atoms with Crippen molar-refractivity contribution in [3.05, 3.63) is 58.9 Å². The SMILES string of the molecule is Cc1cccc([C@@H](C)OC(=O)Cc2c(-c3ccc(NS(C)(=O)=O)c(C)n3)nnn2C)c1. The zero-order valence-electron chi connectivity index (χ0n) is 18.1. The maximum Gasteiger partial charge on any atom is 0.312 e. The van der Waals surface area contributed by atoms with Gasteiger partial charge in [0, 0.05) is 7.05 Å². The molecule has 0 spiro atoms. The van der Waals surface area contributed by atoms with E-state index in [4.69, 9.17) is 4.74 Å². The number of anilines is 1. The summed E-state index contributed by atoms with van der Waals surface area (Å²) in [6.07, 6.45) is 0.655. The fourth-order valence-corrected chi connectivity index (χ4v) is 3.76. The van der Waals surface area contributed by atoms with Gasteiger partial charge in [-0.05, 0) is 38.5 Å². The normalized spacial score (nSPS) is 12.4. The average molecular weight is 444 g/mol. The molecular formula is C21H25N5O4S. The molecule has 0 aliphatic rings. The second kappa shape index (κ2) is 8.84. The molecular weight excluding hydrogens is 418 g/mol. The molecule has 0 aliphatic heterocycles. The highest BCUT2D eigenvalue weighted by Gasteiger charge is 2.21. The number of sulfonamides is 1. The molecule has 164 valence electrons. The van der Waals surface area contributed by atoms with Crippen LogP contribution in [-0.2, 0) is 33.0 Å². The molecule has 3 rings (SSSR count). The van der Waals surface area contributed by atoms with Crippen LogP contribution in [0.5, 0.6) is 0 Å². The molecule has 0 amide bonds. The first-order valence-electron chi connectivity index (χ1n) is 9.64. The number of hydrogen-bond donors (Lipinski definition) is 1. The average Bonchev–Trinajstić information content (AvgIpc) is 3.02. The van der Waals surface area contributed by atoms with Crippen molar-refractivity contribution in [2.45, 2.75) is 33.3 Å². The highest BCUT2D eigenvalue weighted by atomic mass is 32.2. The molecule has 0 unspecified atom stereocenters. The smallest absolute Gasteiger partial charge is 0.312 e. The van der Waals surface area contributed by atoms with Gasteiger partial charge in [0.1, 0.15) is 11.8 Å². The van der Waals surface area contributed by atoms with E-state index in [1.54, 1.807) is 26.1 Å². The number of carbonyl (C=O) groups excluding carboxylic acids is 1. The van der Waals surface area contributed by atoms with Gasteiger partial charge in [0.15, 0.2) is 0 Å². The standard InChI is InChI=1S/C21H25N5O4S/c1-13-7-6-8-16(11-13)15(3)30-20(27)12-19-21(23-25-26(19)4)18-10-9-17(14(2)22-18)24-31(5,28)29/h6-11,15,24H,12H2,1-5H3/t15-/m1/s1. The van der Waals surface area contributed by atoms with Gasteiger partial charge in [0.2, 0.25) is 10.0 Å². The first-order valence-corrected chi connectivity index (χ1v) is 11.5. The van der Waals surface area contributed by atoms with Gasteiger partial charge in [-0.2, -0.15) is 0 Å². The lowest BCUT2D eigenvalue weighted by molar-refractivity contribution is -0.147. The summed E-state index contributed by atoms with van der Waals surface area (Å²) in [4.78, 5) is 17.0. The first kappa shape index (κ1) is 22.4. The van der Waals surface area contributed by atoms with E-state index in [1.165, 1.54) is 4.68 Å². The van der Waals surface area contributed by atoms with E-state index in [0.717, 1.165) is 17.4 Å². The van der Waals surface area contributed by atoms with Gasteiger partial charge in [-0.1, -0.05) is 35.0 Å². The second-order valence-corrected chi connectivity index (χ2v) is 9.18. The van der Waals surface area contributed by atoms with Crippen LogP contribution in [0.25, 0.3) is 11.4 Å². The monoisotopic (exact) mass is 443 g/mol. The van der Waals surface area contributed by atoms with Crippen molar-refractivity contribution in [2.75, 3.05) is 11.0 Å². The molecule has 31 heavy (non-hydrogen) atoms. The third-order valence-corrected chi connectivity index (χ3v) is 5.29. The van der Waals surface area contributed by atoms with Gasteiger partial charge >= 0.3 is 5.97 Å². The Balaban J connectivity index is 1.79. The van der Waals surface area contributed by atoms with Crippen molar-refractivity contribution >= 4 is 21.7 Å². The first-order chi connectivity index (χ1) is 14.5. The van der Waals surface area contributed by atoms with Crippen LogP contribution in [0.2, 0.25) is 0 Å². The molecule has 0 bridgehead atoms. The number of esters is 1. The Labute approximate surface area is 181 Å². The Bertz CT molecular complexity index is 1220. The largest absolute Gasteiger partial charge is 0.457 e. The lowest BCUT2D eigenvalue weighted by Crippen LogP contribution is -2.14. The maximum atomic E-state index is 12.6. The molecule has 2 heterocycles. The van der Waals surface area contributed by atoms with Crippen molar-refractivity contribution in [1.82, 2.24) is 20.0 Å². The topological polar surface area (TPSA) is 116 Å². The fourth-order valence-electron chi connectivity index (χ4n) is 3.14. The number of aryl methyl sites for hydroxylation is 3.